The Kier molecular flexibility index (Phi) is 7.70. The normalized spacial score (nSPS) is 15.1. The van der Waals surface area contributed by atoms with Crippen molar-refractivity contribution < 1.29 is 14.3 Å². The summed E-state index contributed by atoms with van der Waals surface area (Å²) in [5.74, 6) is 2.82. The third kappa shape index (κ3) is 6.34. The summed E-state index contributed by atoms with van der Waals surface area (Å²) in [6.07, 6.45) is 3.10. The number of rotatable bonds is 8. The second kappa shape index (κ2) is 10.7. The van der Waals surface area contributed by atoms with Gasteiger partial charge in [0.25, 0.3) is 0 Å². The molecule has 0 saturated heterocycles. The molecule has 0 fully saturated rings. The van der Waals surface area contributed by atoms with E-state index in [1.165, 1.54) is 5.56 Å². The minimum atomic E-state index is -0.108. The van der Waals surface area contributed by atoms with E-state index in [9.17, 15) is 4.79 Å². The molecule has 0 aliphatic carbocycles. The monoisotopic (exact) mass is 425 g/mol. The smallest absolute Gasteiger partial charge is 0.227 e. The average molecular weight is 426 g/mol. The summed E-state index contributed by atoms with van der Waals surface area (Å²) in [5, 5.41) is 9.22. The highest BCUT2D eigenvalue weighted by atomic mass is 16.5. The van der Waals surface area contributed by atoms with Crippen molar-refractivity contribution in [3.8, 4) is 11.5 Å². The number of anilines is 1. The Labute approximate surface area is 183 Å². The van der Waals surface area contributed by atoms with Gasteiger partial charge in [0, 0.05) is 50.3 Å². The Bertz CT molecular complexity index is 928. The quantitative estimate of drug-likeness (QED) is 0.445. The number of carbonyl (C=O) groups excluding carboxylic acids is 1. The molecule has 0 bridgehead atoms. The van der Waals surface area contributed by atoms with E-state index in [-0.39, 0.29) is 12.0 Å². The maximum absolute atomic E-state index is 12.1. The van der Waals surface area contributed by atoms with E-state index >= 15 is 0 Å². The highest BCUT2D eigenvalue weighted by molar-refractivity contribution is 5.90. The summed E-state index contributed by atoms with van der Waals surface area (Å²) in [6, 6.07) is 7.80. The summed E-state index contributed by atoms with van der Waals surface area (Å²) in [6.45, 7) is 7.56. The first-order valence-electron chi connectivity index (χ1n) is 10.6. The number of aromatic nitrogens is 1. The molecule has 1 unspecified atom stereocenters. The molecule has 0 spiro atoms. The molecule has 1 amide bonds. The lowest BCUT2D eigenvalue weighted by Gasteiger charge is -2.15. The zero-order valence-electron chi connectivity index (χ0n) is 18.6. The largest absolute Gasteiger partial charge is 0.494 e. The van der Waals surface area contributed by atoms with Gasteiger partial charge in [0.05, 0.1) is 6.61 Å². The summed E-state index contributed by atoms with van der Waals surface area (Å²) in [4.78, 5) is 20.5. The molecule has 0 saturated carbocycles. The van der Waals surface area contributed by atoms with Gasteiger partial charge in [-0.1, -0.05) is 6.07 Å². The van der Waals surface area contributed by atoms with Crippen LogP contribution in [0.5, 0.6) is 11.5 Å². The van der Waals surface area contributed by atoms with Crippen LogP contribution in [0.4, 0.5) is 5.82 Å². The van der Waals surface area contributed by atoms with Crippen molar-refractivity contribution in [2.24, 2.45) is 4.99 Å². The molecule has 8 nitrogen and oxygen atoms in total. The fourth-order valence-electron chi connectivity index (χ4n) is 3.35. The SMILES string of the molecule is CCOc1cc2c(cc1CNC(=NC)NCCC(=O)Nc1ccc(C)cn1)OC(C)C2. The maximum Gasteiger partial charge on any atom is 0.227 e. The zero-order chi connectivity index (χ0) is 22.2. The van der Waals surface area contributed by atoms with E-state index in [0.717, 1.165) is 29.0 Å². The van der Waals surface area contributed by atoms with Gasteiger partial charge in [-0.05, 0) is 44.5 Å². The lowest BCUT2D eigenvalue weighted by Crippen LogP contribution is -2.38. The van der Waals surface area contributed by atoms with E-state index in [0.29, 0.717) is 37.9 Å². The Morgan fingerprint density at radius 3 is 2.87 bits per heavy atom. The van der Waals surface area contributed by atoms with Crippen molar-refractivity contribution in [3.05, 3.63) is 47.2 Å². The molecule has 1 aliphatic heterocycles. The van der Waals surface area contributed by atoms with Crippen LogP contribution in [0.2, 0.25) is 0 Å². The van der Waals surface area contributed by atoms with Crippen molar-refractivity contribution >= 4 is 17.7 Å². The van der Waals surface area contributed by atoms with Crippen molar-refractivity contribution in [3.63, 3.8) is 0 Å². The first-order chi connectivity index (χ1) is 15.0. The number of guanidine groups is 1. The van der Waals surface area contributed by atoms with Crippen molar-refractivity contribution in [1.82, 2.24) is 15.6 Å². The van der Waals surface area contributed by atoms with Crippen molar-refractivity contribution in [2.45, 2.75) is 46.3 Å². The van der Waals surface area contributed by atoms with E-state index in [2.05, 4.69) is 38.9 Å². The number of hydrogen-bond acceptors (Lipinski definition) is 5. The number of benzene rings is 1. The van der Waals surface area contributed by atoms with Gasteiger partial charge in [0.1, 0.15) is 23.4 Å². The number of fused-ring (bicyclic) bond motifs is 1. The molecule has 1 atom stereocenters. The standard InChI is InChI=1S/C23H31N5O3/c1-5-30-19-11-17-10-16(3)31-20(17)12-18(19)14-27-23(24-4)25-9-8-22(29)28-21-7-6-15(2)13-26-21/h6-7,11-13,16H,5,8-10,14H2,1-4H3,(H2,24,25,27)(H,26,28,29). The Balaban J connectivity index is 1.50. The number of amides is 1. The third-order valence-electron chi connectivity index (χ3n) is 4.87. The minimum absolute atomic E-state index is 0.108. The summed E-state index contributed by atoms with van der Waals surface area (Å²) in [5.41, 5.74) is 3.23. The first-order valence-corrected chi connectivity index (χ1v) is 10.6. The van der Waals surface area contributed by atoms with Crippen LogP contribution in [0.3, 0.4) is 0 Å². The third-order valence-corrected chi connectivity index (χ3v) is 4.87. The highest BCUT2D eigenvalue weighted by Gasteiger charge is 2.22. The highest BCUT2D eigenvalue weighted by Crippen LogP contribution is 2.35. The van der Waals surface area contributed by atoms with Crippen LogP contribution in [0.1, 0.15) is 37.0 Å². The maximum atomic E-state index is 12.1. The van der Waals surface area contributed by atoms with E-state index in [1.807, 2.05) is 26.0 Å². The van der Waals surface area contributed by atoms with Crippen LogP contribution in [-0.2, 0) is 17.8 Å². The van der Waals surface area contributed by atoms with E-state index in [1.54, 1.807) is 19.3 Å². The van der Waals surface area contributed by atoms with Gasteiger partial charge < -0.3 is 25.4 Å². The van der Waals surface area contributed by atoms with Crippen molar-refractivity contribution in [1.29, 1.82) is 0 Å². The molecule has 1 aromatic carbocycles. The fourth-order valence-corrected chi connectivity index (χ4v) is 3.35. The fraction of sp³-hybridized carbons (Fsp3) is 0.435. The molecule has 3 N–H and O–H groups in total. The molecular formula is C23H31N5O3. The molecule has 1 aromatic heterocycles. The predicted molar refractivity (Wildman–Crippen MR) is 122 cm³/mol. The molecule has 2 heterocycles. The minimum Gasteiger partial charge on any atom is -0.494 e. The topological polar surface area (TPSA) is 96.9 Å². The molecule has 8 heteroatoms. The van der Waals surface area contributed by atoms with Crippen LogP contribution < -0.4 is 25.4 Å². The van der Waals surface area contributed by atoms with Gasteiger partial charge >= 0.3 is 0 Å². The van der Waals surface area contributed by atoms with E-state index in [4.69, 9.17) is 9.47 Å². The van der Waals surface area contributed by atoms with Gasteiger partial charge in [0.2, 0.25) is 5.91 Å². The van der Waals surface area contributed by atoms with Gasteiger partial charge in [-0.15, -0.1) is 0 Å². The molecule has 0 radical (unpaired) electrons. The number of aryl methyl sites for hydroxylation is 1. The van der Waals surface area contributed by atoms with Gasteiger partial charge in [0.15, 0.2) is 5.96 Å². The number of hydrogen-bond donors (Lipinski definition) is 3. The number of nitrogens with zero attached hydrogens (tertiary/aromatic N) is 2. The molecule has 3 rings (SSSR count). The summed E-state index contributed by atoms with van der Waals surface area (Å²) < 4.78 is 11.7. The van der Waals surface area contributed by atoms with Crippen LogP contribution in [0, 0.1) is 6.92 Å². The Morgan fingerprint density at radius 2 is 2.16 bits per heavy atom. The van der Waals surface area contributed by atoms with Crippen LogP contribution in [-0.4, -0.2) is 43.2 Å². The number of carbonyl (C=O) groups is 1. The molecule has 166 valence electrons. The first kappa shape index (κ1) is 22.4. The average Bonchev–Trinajstić information content (AvgIpc) is 3.11. The number of pyridine rings is 1. The number of aliphatic imine (C=N–C) groups is 1. The number of ether oxygens (including phenoxy) is 2. The van der Waals surface area contributed by atoms with Gasteiger partial charge in [-0.3, -0.25) is 9.79 Å². The lowest BCUT2D eigenvalue weighted by molar-refractivity contribution is -0.116. The second-order valence-electron chi connectivity index (χ2n) is 7.50. The molecule has 1 aliphatic rings. The summed E-state index contributed by atoms with van der Waals surface area (Å²) in [7, 11) is 1.70. The van der Waals surface area contributed by atoms with Crippen LogP contribution in [0.15, 0.2) is 35.5 Å². The predicted octanol–water partition coefficient (Wildman–Crippen LogP) is 2.81. The molecular weight excluding hydrogens is 394 g/mol. The van der Waals surface area contributed by atoms with Crippen LogP contribution in [0.25, 0.3) is 0 Å². The van der Waals surface area contributed by atoms with E-state index < -0.39 is 0 Å². The molecule has 2 aromatic rings. The van der Waals surface area contributed by atoms with Gasteiger partial charge in [-0.25, -0.2) is 4.98 Å². The Morgan fingerprint density at radius 1 is 1.32 bits per heavy atom. The molecule has 31 heavy (non-hydrogen) atoms. The summed E-state index contributed by atoms with van der Waals surface area (Å²) >= 11 is 0. The van der Waals surface area contributed by atoms with Gasteiger partial charge in [-0.2, -0.15) is 0 Å². The lowest BCUT2D eigenvalue weighted by atomic mass is 10.1. The van der Waals surface area contributed by atoms with Crippen LogP contribution >= 0.6 is 0 Å². The van der Waals surface area contributed by atoms with Crippen molar-refractivity contribution in [2.75, 3.05) is 25.5 Å². The number of nitrogens with one attached hydrogen (secondary N) is 3. The zero-order valence-corrected chi connectivity index (χ0v) is 18.6. The Hall–Kier alpha value is -3.29. The second-order valence-corrected chi connectivity index (χ2v) is 7.50.